The van der Waals surface area contributed by atoms with Crippen molar-refractivity contribution in [3.63, 3.8) is 0 Å². The lowest BCUT2D eigenvalue weighted by atomic mass is 9.96. The molecule has 0 fully saturated rings. The molecule has 2 aromatic carbocycles. The summed E-state index contributed by atoms with van der Waals surface area (Å²) in [4.78, 5) is 26.8. The van der Waals surface area contributed by atoms with Crippen LogP contribution >= 0.6 is 0 Å². The average molecular weight is 433 g/mol. The van der Waals surface area contributed by atoms with Crippen molar-refractivity contribution < 1.29 is 19.0 Å². The topological polar surface area (TPSA) is 75.0 Å². The van der Waals surface area contributed by atoms with Gasteiger partial charge in [-0.1, -0.05) is 42.5 Å². The maximum Gasteiger partial charge on any atom is 0.278 e. The highest BCUT2D eigenvalue weighted by molar-refractivity contribution is 5.96. The van der Waals surface area contributed by atoms with Crippen molar-refractivity contribution in [2.24, 2.45) is 0 Å². The summed E-state index contributed by atoms with van der Waals surface area (Å²) in [6.07, 6.45) is 5.01. The summed E-state index contributed by atoms with van der Waals surface area (Å²) in [5.41, 5.74) is 0.245. The minimum absolute atomic E-state index is 0.103. The number of nitrogens with zero attached hydrogens (tertiary/aromatic N) is 3. The van der Waals surface area contributed by atoms with Crippen molar-refractivity contribution in [3.05, 3.63) is 106 Å². The normalized spacial score (nSPS) is 18.8. The van der Waals surface area contributed by atoms with E-state index in [1.54, 1.807) is 35.4 Å². The molecular formula is C24H20FN3O4. The van der Waals surface area contributed by atoms with Crippen LogP contribution in [0.15, 0.2) is 77.7 Å². The number of amides is 1. The molecule has 1 N–H and O–H groups in total. The fraction of sp³-hybridized carbons (Fsp3) is 0.167. The van der Waals surface area contributed by atoms with Crippen LogP contribution in [0, 0.1) is 5.82 Å². The Labute approximate surface area is 183 Å². The van der Waals surface area contributed by atoms with Crippen LogP contribution in [0.5, 0.6) is 11.5 Å². The minimum atomic E-state index is -0.707. The number of pyridine rings is 1. The second-order valence-corrected chi connectivity index (χ2v) is 7.57. The zero-order valence-electron chi connectivity index (χ0n) is 17.0. The van der Waals surface area contributed by atoms with E-state index in [2.05, 4.69) is 0 Å². The Balaban J connectivity index is 1.82. The molecule has 1 aromatic heterocycles. The number of carbonyl (C=O) groups is 1. The molecule has 0 aliphatic carbocycles. The smallest absolute Gasteiger partial charge is 0.278 e. The van der Waals surface area contributed by atoms with Gasteiger partial charge >= 0.3 is 0 Å². The predicted octanol–water partition coefficient (Wildman–Crippen LogP) is 2.78. The molecule has 0 unspecified atom stereocenters. The van der Waals surface area contributed by atoms with Gasteiger partial charge in [-0.3, -0.25) is 19.3 Å². The summed E-state index contributed by atoms with van der Waals surface area (Å²) in [6, 6.07) is 14.2. The first-order valence-electron chi connectivity index (χ1n) is 10.2. The van der Waals surface area contributed by atoms with E-state index in [-0.39, 0.29) is 25.5 Å². The number of rotatable bonds is 1. The number of benzene rings is 2. The first kappa shape index (κ1) is 19.9. The third kappa shape index (κ3) is 3.20. The van der Waals surface area contributed by atoms with E-state index < -0.39 is 28.9 Å². The van der Waals surface area contributed by atoms with Gasteiger partial charge in [-0.25, -0.2) is 4.39 Å². The van der Waals surface area contributed by atoms with E-state index in [1.165, 1.54) is 27.9 Å². The zero-order chi connectivity index (χ0) is 22.2. The monoisotopic (exact) mass is 433 g/mol. The quantitative estimate of drug-likeness (QED) is 0.598. The molecule has 0 spiro atoms. The summed E-state index contributed by atoms with van der Waals surface area (Å²) >= 11 is 0. The van der Waals surface area contributed by atoms with Gasteiger partial charge in [-0.2, -0.15) is 0 Å². The van der Waals surface area contributed by atoms with Gasteiger partial charge in [0.1, 0.15) is 30.9 Å². The number of carbonyl (C=O) groups excluding carboxylic acids is 1. The molecule has 3 heterocycles. The Kier molecular flexibility index (Phi) is 4.89. The Morgan fingerprint density at radius 2 is 1.72 bits per heavy atom. The third-order valence-corrected chi connectivity index (χ3v) is 5.68. The predicted molar refractivity (Wildman–Crippen MR) is 116 cm³/mol. The van der Waals surface area contributed by atoms with Crippen molar-refractivity contribution in [3.8, 4) is 11.5 Å². The molecule has 2 aliphatic heterocycles. The van der Waals surface area contributed by atoms with Gasteiger partial charge in [0.05, 0.1) is 0 Å². The van der Waals surface area contributed by atoms with Gasteiger partial charge in [0.2, 0.25) is 5.43 Å². The Hall–Kier alpha value is -4.07. The fourth-order valence-corrected chi connectivity index (χ4v) is 4.17. The largest absolute Gasteiger partial charge is 0.502 e. The van der Waals surface area contributed by atoms with Crippen LogP contribution in [0.25, 0.3) is 0 Å². The molecule has 32 heavy (non-hydrogen) atoms. The third-order valence-electron chi connectivity index (χ3n) is 5.68. The lowest BCUT2D eigenvalue weighted by molar-refractivity contribution is 0.0701. The van der Waals surface area contributed by atoms with E-state index >= 15 is 4.39 Å². The van der Waals surface area contributed by atoms with Crippen LogP contribution in [-0.2, 0) is 0 Å². The number of hydrogen-bond donors (Lipinski definition) is 1. The highest BCUT2D eigenvalue weighted by Crippen LogP contribution is 2.37. The van der Waals surface area contributed by atoms with Crippen LogP contribution in [0.4, 0.5) is 4.39 Å². The molecule has 0 saturated carbocycles. The average Bonchev–Trinajstić information content (AvgIpc) is 2.82. The van der Waals surface area contributed by atoms with Gasteiger partial charge in [0, 0.05) is 29.9 Å². The van der Waals surface area contributed by atoms with E-state index in [9.17, 15) is 14.7 Å². The van der Waals surface area contributed by atoms with E-state index in [1.807, 2.05) is 24.3 Å². The van der Waals surface area contributed by atoms with Crippen LogP contribution in [0.1, 0.15) is 27.7 Å². The second kappa shape index (κ2) is 7.88. The summed E-state index contributed by atoms with van der Waals surface area (Å²) in [6.45, 7) is 0.618. The molecule has 2 bridgehead atoms. The summed E-state index contributed by atoms with van der Waals surface area (Å²) in [7, 11) is 0. The highest BCUT2D eigenvalue weighted by Gasteiger charge is 2.37. The van der Waals surface area contributed by atoms with Gasteiger partial charge in [0.25, 0.3) is 5.91 Å². The van der Waals surface area contributed by atoms with E-state index in [4.69, 9.17) is 4.74 Å². The number of aromatic hydroxyl groups is 1. The number of para-hydroxylation sites is 1. The van der Waals surface area contributed by atoms with Gasteiger partial charge in [-0.15, -0.1) is 0 Å². The van der Waals surface area contributed by atoms with E-state index in [0.717, 1.165) is 0 Å². The van der Waals surface area contributed by atoms with Crippen molar-refractivity contribution >= 4 is 5.91 Å². The van der Waals surface area contributed by atoms with Crippen molar-refractivity contribution in [2.45, 2.75) is 6.04 Å². The molecule has 162 valence electrons. The molecule has 7 nitrogen and oxygen atoms in total. The fourth-order valence-electron chi connectivity index (χ4n) is 4.17. The maximum atomic E-state index is 15.1. The molecule has 8 heteroatoms. The zero-order valence-corrected chi connectivity index (χ0v) is 17.0. The maximum absolute atomic E-state index is 15.1. The first-order valence-corrected chi connectivity index (χ1v) is 10.2. The summed E-state index contributed by atoms with van der Waals surface area (Å²) in [5.74, 6) is -0.970. The summed E-state index contributed by atoms with van der Waals surface area (Å²) in [5, 5.41) is 12.2. The molecule has 3 aromatic rings. The number of fused-ring (bicyclic) bond motifs is 5. The highest BCUT2D eigenvalue weighted by atomic mass is 19.1. The lowest BCUT2D eigenvalue weighted by Crippen LogP contribution is -2.55. The summed E-state index contributed by atoms with van der Waals surface area (Å²) < 4.78 is 22.5. The molecule has 5 rings (SSSR count). The van der Waals surface area contributed by atoms with Crippen molar-refractivity contribution in [1.82, 2.24) is 9.58 Å². The lowest BCUT2D eigenvalue weighted by Gasteiger charge is -2.43. The van der Waals surface area contributed by atoms with Crippen LogP contribution in [0.3, 0.4) is 0 Å². The van der Waals surface area contributed by atoms with Gasteiger partial charge < -0.3 is 14.7 Å². The van der Waals surface area contributed by atoms with Crippen molar-refractivity contribution in [2.75, 3.05) is 24.8 Å². The minimum Gasteiger partial charge on any atom is -0.502 e. The first-order chi connectivity index (χ1) is 15.6. The molecule has 1 amide bonds. The molecule has 0 radical (unpaired) electrons. The Morgan fingerprint density at radius 3 is 2.53 bits per heavy atom. The number of ether oxygens (including phenoxy) is 1. The number of aromatic nitrogens is 1. The molecule has 2 aliphatic rings. The Morgan fingerprint density at radius 1 is 0.969 bits per heavy atom. The van der Waals surface area contributed by atoms with Crippen LogP contribution in [-0.4, -0.2) is 40.4 Å². The standard InChI is InChI=1S/C24H20FN3O4/c25-18-9-3-1-7-16(18)21-17-8-2-4-10-20(17)32-14-6-5-12-26-15-28(21)27-13-11-19(29)23(30)22(27)24(26)31/h1-11,13,21,30H,12,14-15H2/b6-5-/t21-/m1/s1. The SMILES string of the molecule is O=C1c2c(O)c(=O)ccn2N2CN1C/C=C\COc1ccccc1[C@H]2c1ccccc1F. The molecule has 1 atom stereocenters. The number of halogens is 1. The molecule has 0 saturated heterocycles. The van der Waals surface area contributed by atoms with Gasteiger partial charge in [0.15, 0.2) is 11.4 Å². The Bertz CT molecular complexity index is 1290. The van der Waals surface area contributed by atoms with Crippen LogP contribution < -0.4 is 15.2 Å². The van der Waals surface area contributed by atoms with Crippen molar-refractivity contribution in [1.29, 1.82) is 0 Å². The van der Waals surface area contributed by atoms with Crippen LogP contribution in [0.2, 0.25) is 0 Å². The van der Waals surface area contributed by atoms with Gasteiger partial charge in [-0.05, 0) is 18.2 Å². The van der Waals surface area contributed by atoms with E-state index in [0.29, 0.717) is 16.9 Å². The number of hydrogen-bond acceptors (Lipinski definition) is 5. The molecular weight excluding hydrogens is 413 g/mol. The second-order valence-electron chi connectivity index (χ2n) is 7.57.